The number of carbonyl (C=O) groups excluding carboxylic acids is 1. The summed E-state index contributed by atoms with van der Waals surface area (Å²) in [6, 6.07) is 10.2. The topological polar surface area (TPSA) is 94.5 Å². The van der Waals surface area contributed by atoms with Crippen LogP contribution in [0, 0.1) is 0 Å². The van der Waals surface area contributed by atoms with Gasteiger partial charge in [-0.05, 0) is 29.7 Å². The first-order chi connectivity index (χ1) is 12.1. The number of aliphatic hydroxyl groups is 2. The molecule has 0 bridgehead atoms. The summed E-state index contributed by atoms with van der Waals surface area (Å²) >= 11 is 6.11. The van der Waals surface area contributed by atoms with Crippen molar-refractivity contribution in [1.82, 2.24) is 15.6 Å². The number of amides is 1. The molecule has 25 heavy (non-hydrogen) atoms. The van der Waals surface area contributed by atoms with Crippen LogP contribution in [0.3, 0.4) is 0 Å². The summed E-state index contributed by atoms with van der Waals surface area (Å²) in [5, 5.41) is 25.3. The Bertz CT molecular complexity index is 739. The van der Waals surface area contributed by atoms with Gasteiger partial charge in [0, 0.05) is 18.3 Å². The van der Waals surface area contributed by atoms with E-state index in [0.29, 0.717) is 18.1 Å². The molecule has 1 aliphatic heterocycles. The summed E-state index contributed by atoms with van der Waals surface area (Å²) in [4.78, 5) is 16.3. The number of pyridine rings is 1. The Labute approximate surface area is 150 Å². The highest BCUT2D eigenvalue weighted by molar-refractivity contribution is 6.32. The van der Waals surface area contributed by atoms with Crippen molar-refractivity contribution in [2.24, 2.45) is 0 Å². The highest BCUT2D eigenvalue weighted by Gasteiger charge is 2.29. The number of aliphatic hydroxyl groups excluding tert-OH is 2. The maximum atomic E-state index is 12.2. The van der Waals surface area contributed by atoms with Gasteiger partial charge in [0.1, 0.15) is 5.15 Å². The van der Waals surface area contributed by atoms with Gasteiger partial charge in [-0.1, -0.05) is 35.9 Å². The normalized spacial score (nSPS) is 21.1. The third-order valence-corrected chi connectivity index (χ3v) is 4.61. The lowest BCUT2D eigenvalue weighted by atomic mass is 10.0. The van der Waals surface area contributed by atoms with Gasteiger partial charge in [0.15, 0.2) is 0 Å². The monoisotopic (exact) mass is 361 g/mol. The summed E-state index contributed by atoms with van der Waals surface area (Å²) in [6.07, 6.45) is 1.50. The van der Waals surface area contributed by atoms with Crippen LogP contribution in [0.4, 0.5) is 0 Å². The van der Waals surface area contributed by atoms with Gasteiger partial charge in [-0.25, -0.2) is 4.98 Å². The highest BCUT2D eigenvalue weighted by atomic mass is 35.5. The van der Waals surface area contributed by atoms with Crippen molar-refractivity contribution < 1.29 is 15.0 Å². The van der Waals surface area contributed by atoms with Gasteiger partial charge in [-0.15, -0.1) is 0 Å². The molecule has 1 aromatic heterocycles. The molecule has 2 aromatic rings. The summed E-state index contributed by atoms with van der Waals surface area (Å²) in [6.45, 7) is 0.191. The number of hydrogen-bond acceptors (Lipinski definition) is 5. The van der Waals surface area contributed by atoms with Gasteiger partial charge in [0.2, 0.25) is 5.91 Å². The van der Waals surface area contributed by atoms with E-state index in [9.17, 15) is 15.0 Å². The van der Waals surface area contributed by atoms with Gasteiger partial charge in [-0.3, -0.25) is 4.79 Å². The molecule has 7 heteroatoms. The van der Waals surface area contributed by atoms with E-state index in [4.69, 9.17) is 11.6 Å². The van der Waals surface area contributed by atoms with E-state index >= 15 is 0 Å². The first-order valence-electron chi connectivity index (χ1n) is 8.12. The summed E-state index contributed by atoms with van der Waals surface area (Å²) < 4.78 is 0. The highest BCUT2D eigenvalue weighted by Crippen LogP contribution is 2.27. The van der Waals surface area contributed by atoms with Crippen molar-refractivity contribution in [3.05, 3.63) is 53.3 Å². The fraction of sp³-hybridized carbons (Fsp3) is 0.333. The minimum absolute atomic E-state index is 0.214. The molecule has 3 atom stereocenters. The number of hydrogen-bond donors (Lipinski definition) is 4. The SMILES string of the molecule is O=C(N[C@@H](CO)c1ccc(-c2cccnc2Cl)cc1)[C@@H]1C[C@@H](O)CN1. The van der Waals surface area contributed by atoms with Gasteiger partial charge < -0.3 is 20.8 Å². The predicted octanol–water partition coefficient (Wildman–Crippen LogP) is 1.27. The van der Waals surface area contributed by atoms with Crippen molar-refractivity contribution in [2.75, 3.05) is 13.2 Å². The fourth-order valence-electron chi connectivity index (χ4n) is 2.92. The number of carbonyl (C=O) groups is 1. The number of rotatable bonds is 5. The third-order valence-electron chi connectivity index (χ3n) is 4.31. The van der Waals surface area contributed by atoms with Crippen LogP contribution in [0.15, 0.2) is 42.6 Å². The molecule has 0 aliphatic carbocycles. The second-order valence-corrected chi connectivity index (χ2v) is 6.42. The van der Waals surface area contributed by atoms with Gasteiger partial charge >= 0.3 is 0 Å². The number of β-amino-alcohol motifs (C(OH)–C–C–N with tert-alkyl or cyclic N) is 1. The van der Waals surface area contributed by atoms with Crippen LogP contribution in [-0.2, 0) is 4.79 Å². The second kappa shape index (κ2) is 7.93. The Kier molecular flexibility index (Phi) is 5.65. The summed E-state index contributed by atoms with van der Waals surface area (Å²) in [7, 11) is 0. The minimum Gasteiger partial charge on any atom is -0.394 e. The minimum atomic E-state index is -0.509. The molecule has 0 spiro atoms. The molecule has 1 saturated heterocycles. The predicted molar refractivity (Wildman–Crippen MR) is 95.1 cm³/mol. The third kappa shape index (κ3) is 4.16. The molecule has 0 saturated carbocycles. The van der Waals surface area contributed by atoms with Crippen molar-refractivity contribution in [1.29, 1.82) is 0 Å². The van der Waals surface area contributed by atoms with Crippen molar-refractivity contribution >= 4 is 17.5 Å². The lowest BCUT2D eigenvalue weighted by Crippen LogP contribution is -2.42. The van der Waals surface area contributed by atoms with Crippen LogP contribution >= 0.6 is 11.6 Å². The summed E-state index contributed by atoms with van der Waals surface area (Å²) in [5.74, 6) is -0.227. The molecule has 1 aromatic carbocycles. The number of nitrogens with one attached hydrogen (secondary N) is 2. The summed E-state index contributed by atoms with van der Waals surface area (Å²) in [5.41, 5.74) is 2.52. The van der Waals surface area contributed by atoms with Gasteiger partial charge in [0.25, 0.3) is 0 Å². The van der Waals surface area contributed by atoms with Gasteiger partial charge in [-0.2, -0.15) is 0 Å². The molecule has 2 heterocycles. The molecule has 4 N–H and O–H groups in total. The van der Waals surface area contributed by atoms with Crippen molar-refractivity contribution in [2.45, 2.75) is 24.6 Å². The zero-order valence-corrected chi connectivity index (χ0v) is 14.3. The molecule has 0 unspecified atom stereocenters. The van der Waals surface area contributed by atoms with E-state index in [1.165, 1.54) is 0 Å². The molecule has 132 valence electrons. The van der Waals surface area contributed by atoms with E-state index in [-0.39, 0.29) is 12.5 Å². The molecule has 1 aliphatic rings. The van der Waals surface area contributed by atoms with E-state index in [0.717, 1.165) is 16.7 Å². The van der Waals surface area contributed by atoms with Crippen LogP contribution in [0.5, 0.6) is 0 Å². The fourth-order valence-corrected chi connectivity index (χ4v) is 3.15. The lowest BCUT2D eigenvalue weighted by Gasteiger charge is -2.20. The zero-order chi connectivity index (χ0) is 17.8. The van der Waals surface area contributed by atoms with Crippen molar-refractivity contribution in [3.63, 3.8) is 0 Å². The van der Waals surface area contributed by atoms with Crippen LogP contribution < -0.4 is 10.6 Å². The van der Waals surface area contributed by atoms with E-state index in [1.807, 2.05) is 36.4 Å². The number of nitrogens with zero attached hydrogens (tertiary/aromatic N) is 1. The average Bonchev–Trinajstić information content (AvgIpc) is 3.07. The van der Waals surface area contributed by atoms with Crippen molar-refractivity contribution in [3.8, 4) is 11.1 Å². The van der Waals surface area contributed by atoms with Gasteiger partial charge in [0.05, 0.1) is 24.8 Å². The first kappa shape index (κ1) is 17.8. The number of benzene rings is 1. The quantitative estimate of drug-likeness (QED) is 0.602. The van der Waals surface area contributed by atoms with E-state index in [2.05, 4.69) is 15.6 Å². The zero-order valence-electron chi connectivity index (χ0n) is 13.5. The Morgan fingerprint density at radius 3 is 2.72 bits per heavy atom. The lowest BCUT2D eigenvalue weighted by molar-refractivity contribution is -0.124. The van der Waals surface area contributed by atoms with Crippen LogP contribution in [0.2, 0.25) is 5.15 Å². The Balaban J connectivity index is 1.71. The maximum absolute atomic E-state index is 12.2. The van der Waals surface area contributed by atoms with Crippen LogP contribution in [-0.4, -0.2) is 46.4 Å². The Morgan fingerprint density at radius 2 is 2.12 bits per heavy atom. The largest absolute Gasteiger partial charge is 0.394 e. The molecule has 0 radical (unpaired) electrons. The molecular weight excluding hydrogens is 342 g/mol. The molecule has 1 fully saturated rings. The maximum Gasteiger partial charge on any atom is 0.237 e. The molecule has 1 amide bonds. The van der Waals surface area contributed by atoms with E-state index in [1.54, 1.807) is 6.20 Å². The smallest absolute Gasteiger partial charge is 0.237 e. The first-order valence-corrected chi connectivity index (χ1v) is 8.50. The molecular formula is C18H20ClN3O3. The number of halogens is 1. The average molecular weight is 362 g/mol. The standard InChI is InChI=1S/C18H20ClN3O3/c19-17-14(2-1-7-20-17)11-3-5-12(6-4-11)16(10-23)22-18(25)15-8-13(24)9-21-15/h1-7,13,15-16,21,23-24H,8-10H2,(H,22,25)/t13-,15+,16+/m1/s1. The second-order valence-electron chi connectivity index (χ2n) is 6.06. The Hall–Kier alpha value is -1.99. The van der Waals surface area contributed by atoms with Crippen LogP contribution in [0.1, 0.15) is 18.0 Å². The molecule has 6 nitrogen and oxygen atoms in total. The Morgan fingerprint density at radius 1 is 1.36 bits per heavy atom. The number of aromatic nitrogens is 1. The van der Waals surface area contributed by atoms with Crippen LogP contribution in [0.25, 0.3) is 11.1 Å². The molecule has 3 rings (SSSR count). The van der Waals surface area contributed by atoms with E-state index < -0.39 is 18.2 Å².